The number of ether oxygens (including phenoxy) is 1. The Morgan fingerprint density at radius 1 is 1.48 bits per heavy atom. The van der Waals surface area contributed by atoms with E-state index in [-0.39, 0.29) is 12.6 Å². The third-order valence-electron chi connectivity index (χ3n) is 3.85. The molecule has 5 heteroatoms. The maximum Gasteiger partial charge on any atom is 0.171 e. The number of benzene rings is 1. The lowest BCUT2D eigenvalue weighted by atomic mass is 10.0. The zero-order valence-electron chi connectivity index (χ0n) is 12.6. The molecule has 1 heterocycles. The van der Waals surface area contributed by atoms with E-state index in [1.807, 2.05) is 13.0 Å². The summed E-state index contributed by atoms with van der Waals surface area (Å²) >= 11 is 0. The maximum absolute atomic E-state index is 8.90. The molecule has 1 saturated carbocycles. The van der Waals surface area contributed by atoms with Crippen LogP contribution < -0.4 is 10.1 Å². The van der Waals surface area contributed by atoms with Crippen LogP contribution >= 0.6 is 0 Å². The van der Waals surface area contributed by atoms with Crippen LogP contribution in [0.2, 0.25) is 0 Å². The van der Waals surface area contributed by atoms with Gasteiger partial charge in [0.2, 0.25) is 0 Å². The predicted octanol–water partition coefficient (Wildman–Crippen LogP) is 2.71. The quantitative estimate of drug-likeness (QED) is 0.767. The van der Waals surface area contributed by atoms with Gasteiger partial charge >= 0.3 is 0 Å². The summed E-state index contributed by atoms with van der Waals surface area (Å²) in [6.45, 7) is 4.69. The monoisotopic (exact) mass is 290 g/mol. The van der Waals surface area contributed by atoms with Crippen molar-refractivity contribution in [1.29, 1.82) is 0 Å². The first-order chi connectivity index (χ1) is 10.2. The highest BCUT2D eigenvalue weighted by atomic mass is 16.5. The van der Waals surface area contributed by atoms with Gasteiger partial charge in [0.15, 0.2) is 5.58 Å². The summed E-state index contributed by atoms with van der Waals surface area (Å²) in [5, 5.41) is 17.4. The molecule has 0 spiro atoms. The van der Waals surface area contributed by atoms with Gasteiger partial charge in [-0.15, -0.1) is 0 Å². The molecule has 1 fully saturated rings. The van der Waals surface area contributed by atoms with Crippen molar-refractivity contribution in [2.24, 2.45) is 0 Å². The molecule has 0 bridgehead atoms. The van der Waals surface area contributed by atoms with E-state index in [0.29, 0.717) is 19.1 Å². The van der Waals surface area contributed by atoms with Gasteiger partial charge in [-0.2, -0.15) is 0 Å². The zero-order chi connectivity index (χ0) is 14.8. The SMILES string of the molecule is Cc1noc2cc(C(C)NC3CC3)cc(OCCCO)c12. The lowest BCUT2D eigenvalue weighted by Crippen LogP contribution is -2.20. The average molecular weight is 290 g/mol. The summed E-state index contributed by atoms with van der Waals surface area (Å²) in [6.07, 6.45) is 3.13. The molecule has 1 unspecified atom stereocenters. The molecule has 1 aliphatic rings. The fraction of sp³-hybridized carbons (Fsp3) is 0.562. The summed E-state index contributed by atoms with van der Waals surface area (Å²) in [5.41, 5.74) is 2.73. The van der Waals surface area contributed by atoms with E-state index in [1.54, 1.807) is 0 Å². The number of aliphatic hydroxyl groups excluding tert-OH is 1. The molecule has 2 N–H and O–H groups in total. The van der Waals surface area contributed by atoms with Crippen LogP contribution in [0.15, 0.2) is 16.7 Å². The van der Waals surface area contributed by atoms with Crippen molar-refractivity contribution < 1.29 is 14.4 Å². The third kappa shape index (κ3) is 3.19. The van der Waals surface area contributed by atoms with Gasteiger partial charge in [0.25, 0.3) is 0 Å². The minimum atomic E-state index is 0.130. The Balaban J connectivity index is 1.90. The van der Waals surface area contributed by atoms with Gasteiger partial charge in [0.1, 0.15) is 5.75 Å². The van der Waals surface area contributed by atoms with Crippen molar-refractivity contribution in [2.45, 2.75) is 45.2 Å². The number of nitrogens with zero attached hydrogens (tertiary/aromatic N) is 1. The van der Waals surface area contributed by atoms with Crippen LogP contribution in [0, 0.1) is 6.92 Å². The molecule has 5 nitrogen and oxygen atoms in total. The molecule has 1 aromatic heterocycles. The number of fused-ring (bicyclic) bond motifs is 1. The summed E-state index contributed by atoms with van der Waals surface area (Å²) in [4.78, 5) is 0. The van der Waals surface area contributed by atoms with Crippen LogP contribution in [0.3, 0.4) is 0 Å². The molecule has 0 aliphatic heterocycles. The first-order valence-corrected chi connectivity index (χ1v) is 7.58. The summed E-state index contributed by atoms with van der Waals surface area (Å²) in [5.74, 6) is 0.791. The lowest BCUT2D eigenvalue weighted by Gasteiger charge is -2.15. The van der Waals surface area contributed by atoms with Gasteiger partial charge in [-0.1, -0.05) is 5.16 Å². The van der Waals surface area contributed by atoms with Crippen LogP contribution in [0.25, 0.3) is 11.0 Å². The summed E-state index contributed by atoms with van der Waals surface area (Å²) in [7, 11) is 0. The van der Waals surface area contributed by atoms with Gasteiger partial charge < -0.3 is 19.7 Å². The Kier molecular flexibility index (Phi) is 4.12. The van der Waals surface area contributed by atoms with Crippen molar-refractivity contribution >= 4 is 11.0 Å². The number of hydrogen-bond donors (Lipinski definition) is 2. The number of aryl methyl sites for hydroxylation is 1. The van der Waals surface area contributed by atoms with Crippen LogP contribution in [0.5, 0.6) is 5.75 Å². The Bertz CT molecular complexity index is 619. The number of aliphatic hydroxyl groups is 1. The minimum absolute atomic E-state index is 0.130. The zero-order valence-corrected chi connectivity index (χ0v) is 12.6. The first kappa shape index (κ1) is 14.4. The second kappa shape index (κ2) is 6.03. The van der Waals surface area contributed by atoms with Crippen molar-refractivity contribution in [3.05, 3.63) is 23.4 Å². The van der Waals surface area contributed by atoms with Crippen molar-refractivity contribution in [3.8, 4) is 5.75 Å². The summed E-state index contributed by atoms with van der Waals surface area (Å²) in [6, 6.07) is 5.00. The second-order valence-electron chi connectivity index (χ2n) is 5.75. The molecular formula is C16H22N2O3. The Hall–Kier alpha value is -1.59. The van der Waals surface area contributed by atoms with Crippen molar-refractivity contribution in [2.75, 3.05) is 13.2 Å². The van der Waals surface area contributed by atoms with Gasteiger partial charge in [-0.3, -0.25) is 0 Å². The first-order valence-electron chi connectivity index (χ1n) is 7.58. The molecule has 1 atom stereocenters. The van der Waals surface area contributed by atoms with E-state index in [4.69, 9.17) is 14.4 Å². The molecule has 0 saturated heterocycles. The Morgan fingerprint density at radius 3 is 3.00 bits per heavy atom. The molecule has 114 valence electrons. The second-order valence-corrected chi connectivity index (χ2v) is 5.75. The van der Waals surface area contributed by atoms with Gasteiger partial charge in [-0.25, -0.2) is 0 Å². The van der Waals surface area contributed by atoms with Gasteiger partial charge in [-0.05, 0) is 44.4 Å². The van der Waals surface area contributed by atoms with E-state index in [1.165, 1.54) is 12.8 Å². The normalized spacial score (nSPS) is 16.3. The highest BCUT2D eigenvalue weighted by molar-refractivity contribution is 5.86. The van der Waals surface area contributed by atoms with Gasteiger partial charge in [0.05, 0.1) is 17.7 Å². The minimum Gasteiger partial charge on any atom is -0.493 e. The number of aromatic nitrogens is 1. The molecule has 0 amide bonds. The molecule has 3 rings (SSSR count). The van der Waals surface area contributed by atoms with E-state index >= 15 is 0 Å². The highest BCUT2D eigenvalue weighted by Crippen LogP contribution is 2.33. The fourth-order valence-electron chi connectivity index (χ4n) is 2.51. The molecule has 1 aliphatic carbocycles. The van der Waals surface area contributed by atoms with Crippen LogP contribution in [-0.4, -0.2) is 29.5 Å². The topological polar surface area (TPSA) is 67.5 Å². The van der Waals surface area contributed by atoms with Crippen LogP contribution in [-0.2, 0) is 0 Å². The molecule has 1 aromatic carbocycles. The van der Waals surface area contributed by atoms with E-state index in [9.17, 15) is 0 Å². The largest absolute Gasteiger partial charge is 0.493 e. The fourth-order valence-corrected chi connectivity index (χ4v) is 2.51. The lowest BCUT2D eigenvalue weighted by molar-refractivity contribution is 0.234. The molecule has 21 heavy (non-hydrogen) atoms. The standard InChI is InChI=1S/C16H22N2O3/c1-10(17-13-4-5-13)12-8-14(20-7-3-6-19)16-11(2)18-21-15(16)9-12/h8-10,13,17,19H,3-7H2,1-2H3. The third-order valence-corrected chi connectivity index (χ3v) is 3.85. The van der Waals surface area contributed by atoms with Crippen LogP contribution in [0.4, 0.5) is 0 Å². The van der Waals surface area contributed by atoms with Crippen molar-refractivity contribution in [3.63, 3.8) is 0 Å². The Morgan fingerprint density at radius 2 is 2.29 bits per heavy atom. The van der Waals surface area contributed by atoms with Crippen molar-refractivity contribution in [1.82, 2.24) is 10.5 Å². The average Bonchev–Trinajstić information content (AvgIpc) is 3.21. The van der Waals surface area contributed by atoms with Crippen LogP contribution in [0.1, 0.15) is 43.5 Å². The van der Waals surface area contributed by atoms with E-state index in [0.717, 1.165) is 28.0 Å². The number of nitrogens with one attached hydrogen (secondary N) is 1. The summed E-state index contributed by atoms with van der Waals surface area (Å²) < 4.78 is 11.2. The number of hydrogen-bond acceptors (Lipinski definition) is 5. The van der Waals surface area contributed by atoms with E-state index < -0.39 is 0 Å². The predicted molar refractivity (Wildman–Crippen MR) is 80.5 cm³/mol. The smallest absolute Gasteiger partial charge is 0.171 e. The Labute approximate surface area is 124 Å². The molecule has 0 radical (unpaired) electrons. The molecular weight excluding hydrogens is 268 g/mol. The number of rotatable bonds is 7. The van der Waals surface area contributed by atoms with Gasteiger partial charge in [0, 0.05) is 25.1 Å². The maximum atomic E-state index is 8.90. The molecule has 2 aromatic rings. The van der Waals surface area contributed by atoms with E-state index in [2.05, 4.69) is 23.5 Å². The highest BCUT2D eigenvalue weighted by Gasteiger charge is 2.24.